The lowest BCUT2D eigenvalue weighted by atomic mass is 10.1. The molecule has 0 aliphatic rings. The fourth-order valence-corrected chi connectivity index (χ4v) is 5.23. The predicted octanol–water partition coefficient (Wildman–Crippen LogP) is 2.74. The highest BCUT2D eigenvalue weighted by molar-refractivity contribution is 8.14. The van der Waals surface area contributed by atoms with Crippen LogP contribution in [0.25, 0.3) is 0 Å². The second-order valence-electron chi connectivity index (χ2n) is 5.77. The van der Waals surface area contributed by atoms with Gasteiger partial charge < -0.3 is 0 Å². The van der Waals surface area contributed by atoms with Crippen LogP contribution in [0.15, 0.2) is 46.2 Å². The topological polar surface area (TPSA) is 92.3 Å². The highest BCUT2D eigenvalue weighted by Gasteiger charge is 2.19. The minimum Gasteiger partial charge on any atom is -0.206 e. The van der Waals surface area contributed by atoms with Crippen molar-refractivity contribution in [3.63, 3.8) is 0 Å². The lowest BCUT2D eigenvalue weighted by Crippen LogP contribution is -2.25. The third-order valence-corrected chi connectivity index (χ3v) is 8.05. The Kier molecular flexibility index (Phi) is 5.95. The zero-order valence-corrected chi connectivity index (χ0v) is 16.8. The van der Waals surface area contributed by atoms with Crippen LogP contribution in [0.4, 0.5) is 0 Å². The first kappa shape index (κ1) is 19.9. The Morgan fingerprint density at radius 1 is 0.640 bits per heavy atom. The van der Waals surface area contributed by atoms with Crippen LogP contribution in [-0.2, 0) is 20.0 Å². The molecule has 25 heavy (non-hydrogen) atoms. The lowest BCUT2D eigenvalue weighted by molar-refractivity contribution is 0.594. The SMILES string of the molecule is Cc1ccc(S(=O)(=O)NSNS(=O)(=O)c2ccc(C)c(C)c2)cc1C. The highest BCUT2D eigenvalue weighted by Crippen LogP contribution is 2.18. The van der Waals surface area contributed by atoms with E-state index < -0.39 is 20.0 Å². The van der Waals surface area contributed by atoms with Gasteiger partial charge in [0.1, 0.15) is 0 Å². The van der Waals surface area contributed by atoms with Crippen molar-refractivity contribution in [3.05, 3.63) is 58.7 Å². The van der Waals surface area contributed by atoms with E-state index in [9.17, 15) is 16.8 Å². The quantitative estimate of drug-likeness (QED) is 0.728. The molecule has 0 saturated heterocycles. The Labute approximate surface area is 153 Å². The van der Waals surface area contributed by atoms with E-state index >= 15 is 0 Å². The molecule has 0 aromatic heterocycles. The molecule has 0 spiro atoms. The summed E-state index contributed by atoms with van der Waals surface area (Å²) in [5, 5.41) is 0. The van der Waals surface area contributed by atoms with Crippen molar-refractivity contribution < 1.29 is 16.8 Å². The maximum atomic E-state index is 12.3. The molecular weight excluding hydrogens is 380 g/mol. The van der Waals surface area contributed by atoms with E-state index in [-0.39, 0.29) is 9.79 Å². The standard InChI is InChI=1S/C16H20N2O4S3/c1-11-5-7-15(9-13(11)3)24(19,20)17-23-18-25(21,22)16-8-6-12(2)14(4)10-16/h5-10,17-18H,1-4H3. The zero-order chi connectivity index (χ0) is 18.8. The van der Waals surface area contributed by atoms with E-state index in [1.165, 1.54) is 24.3 Å². The highest BCUT2D eigenvalue weighted by atomic mass is 32.3. The van der Waals surface area contributed by atoms with Crippen molar-refractivity contribution in [2.45, 2.75) is 37.5 Å². The van der Waals surface area contributed by atoms with Crippen molar-refractivity contribution in [1.82, 2.24) is 8.25 Å². The average Bonchev–Trinajstić information content (AvgIpc) is 2.52. The van der Waals surface area contributed by atoms with Gasteiger partial charge in [-0.3, -0.25) is 0 Å². The summed E-state index contributed by atoms with van der Waals surface area (Å²) in [4.78, 5) is 0.155. The Hall–Kier alpha value is -1.39. The van der Waals surface area contributed by atoms with E-state index in [2.05, 4.69) is 8.25 Å². The van der Waals surface area contributed by atoms with Gasteiger partial charge in [0.2, 0.25) is 0 Å². The molecule has 2 rings (SSSR count). The van der Waals surface area contributed by atoms with Gasteiger partial charge in [0.25, 0.3) is 20.0 Å². The fraction of sp³-hybridized carbons (Fsp3) is 0.250. The van der Waals surface area contributed by atoms with Gasteiger partial charge in [0, 0.05) is 12.1 Å². The van der Waals surface area contributed by atoms with Crippen molar-refractivity contribution in [2.24, 2.45) is 0 Å². The van der Waals surface area contributed by atoms with Crippen LogP contribution in [0.2, 0.25) is 0 Å². The Morgan fingerprint density at radius 3 is 1.32 bits per heavy atom. The van der Waals surface area contributed by atoms with Crippen LogP contribution in [-0.4, -0.2) is 16.8 Å². The molecular formula is C16H20N2O4S3. The number of sulfonamides is 2. The summed E-state index contributed by atoms with van der Waals surface area (Å²) in [5.41, 5.74) is 3.62. The van der Waals surface area contributed by atoms with Gasteiger partial charge in [-0.05, 0) is 74.2 Å². The molecule has 136 valence electrons. The first-order valence-corrected chi connectivity index (χ1v) is 11.2. The smallest absolute Gasteiger partial charge is 0.206 e. The summed E-state index contributed by atoms with van der Waals surface area (Å²) in [6, 6.07) is 9.43. The van der Waals surface area contributed by atoms with Crippen LogP contribution in [0.3, 0.4) is 0 Å². The van der Waals surface area contributed by atoms with Gasteiger partial charge in [-0.15, -0.1) is 8.25 Å². The second-order valence-corrected chi connectivity index (χ2v) is 10.3. The Balaban J connectivity index is 2.10. The van der Waals surface area contributed by atoms with Gasteiger partial charge in [-0.1, -0.05) is 12.1 Å². The Morgan fingerprint density at radius 2 is 1.00 bits per heavy atom. The number of hydrogen-bond acceptors (Lipinski definition) is 5. The number of rotatable bonds is 6. The van der Waals surface area contributed by atoms with Crippen molar-refractivity contribution in [3.8, 4) is 0 Å². The number of benzene rings is 2. The van der Waals surface area contributed by atoms with Gasteiger partial charge in [-0.25, -0.2) is 16.8 Å². The van der Waals surface area contributed by atoms with E-state index in [4.69, 9.17) is 0 Å². The summed E-state index contributed by atoms with van der Waals surface area (Å²) in [7, 11) is -7.67. The van der Waals surface area contributed by atoms with E-state index in [1.54, 1.807) is 12.1 Å². The van der Waals surface area contributed by atoms with Crippen LogP contribution in [0, 0.1) is 27.7 Å². The van der Waals surface area contributed by atoms with Gasteiger partial charge in [0.15, 0.2) is 0 Å². The molecule has 6 nitrogen and oxygen atoms in total. The molecule has 0 bridgehead atoms. The molecule has 0 radical (unpaired) electrons. The minimum absolute atomic E-state index is 0.0773. The molecule has 2 aromatic rings. The maximum Gasteiger partial charge on any atom is 0.250 e. The zero-order valence-electron chi connectivity index (χ0n) is 14.3. The van der Waals surface area contributed by atoms with Gasteiger partial charge in [0.05, 0.1) is 9.79 Å². The first-order chi connectivity index (χ1) is 11.5. The molecule has 9 heteroatoms. The van der Waals surface area contributed by atoms with Crippen LogP contribution < -0.4 is 8.25 Å². The van der Waals surface area contributed by atoms with Crippen LogP contribution in [0.1, 0.15) is 22.3 Å². The summed E-state index contributed by atoms with van der Waals surface area (Å²) < 4.78 is 53.3. The van der Waals surface area contributed by atoms with Crippen LogP contribution >= 0.6 is 12.1 Å². The molecule has 0 fully saturated rings. The first-order valence-electron chi connectivity index (χ1n) is 7.37. The molecule has 2 N–H and O–H groups in total. The summed E-state index contributed by atoms with van der Waals surface area (Å²) in [5.74, 6) is 0. The minimum atomic E-state index is -3.83. The normalized spacial score (nSPS) is 12.3. The number of hydrogen-bond donors (Lipinski definition) is 2. The predicted molar refractivity (Wildman–Crippen MR) is 100 cm³/mol. The van der Waals surface area contributed by atoms with E-state index in [0.717, 1.165) is 22.3 Å². The second kappa shape index (κ2) is 7.46. The van der Waals surface area contributed by atoms with Crippen molar-refractivity contribution >= 4 is 32.2 Å². The van der Waals surface area contributed by atoms with Gasteiger partial charge in [-0.2, -0.15) is 0 Å². The summed E-state index contributed by atoms with van der Waals surface area (Å²) in [6.07, 6.45) is 0. The summed E-state index contributed by atoms with van der Waals surface area (Å²) in [6.45, 7) is 7.38. The largest absolute Gasteiger partial charge is 0.250 e. The molecule has 2 aromatic carbocycles. The molecule has 0 unspecified atom stereocenters. The van der Waals surface area contributed by atoms with Crippen LogP contribution in [0.5, 0.6) is 0 Å². The van der Waals surface area contributed by atoms with Gasteiger partial charge >= 0.3 is 0 Å². The molecule has 0 aliphatic heterocycles. The maximum absolute atomic E-state index is 12.3. The molecule has 0 aliphatic carbocycles. The number of aryl methyl sites for hydroxylation is 4. The Bertz CT molecular complexity index is 919. The molecule has 0 saturated carbocycles. The third kappa shape index (κ3) is 4.83. The van der Waals surface area contributed by atoms with Crippen molar-refractivity contribution in [2.75, 3.05) is 0 Å². The van der Waals surface area contributed by atoms with E-state index in [1.807, 2.05) is 27.7 Å². The molecule has 0 amide bonds. The van der Waals surface area contributed by atoms with E-state index in [0.29, 0.717) is 12.1 Å². The summed E-state index contributed by atoms with van der Waals surface area (Å²) >= 11 is 0.401. The fourth-order valence-electron chi connectivity index (χ4n) is 1.99. The average molecular weight is 401 g/mol. The molecule has 0 atom stereocenters. The third-order valence-electron chi connectivity index (χ3n) is 3.88. The molecule has 0 heterocycles. The number of nitrogens with one attached hydrogen (secondary N) is 2. The lowest BCUT2D eigenvalue weighted by Gasteiger charge is -2.10. The monoisotopic (exact) mass is 400 g/mol. The van der Waals surface area contributed by atoms with Crippen molar-refractivity contribution in [1.29, 1.82) is 0 Å².